The summed E-state index contributed by atoms with van der Waals surface area (Å²) in [5.41, 5.74) is 2.26. The van der Waals surface area contributed by atoms with Gasteiger partial charge in [0.1, 0.15) is 0 Å². The van der Waals surface area contributed by atoms with Crippen LogP contribution in [0.4, 0.5) is 13.2 Å². The Morgan fingerprint density at radius 1 is 1.03 bits per heavy atom. The highest BCUT2D eigenvalue weighted by atomic mass is 19.4. The van der Waals surface area contributed by atoms with Crippen LogP contribution in [0.1, 0.15) is 29.2 Å². The molecule has 1 aliphatic rings. The molecule has 5 nitrogen and oxygen atoms in total. The molecule has 31 heavy (non-hydrogen) atoms. The Labute approximate surface area is 181 Å². The van der Waals surface area contributed by atoms with Crippen molar-refractivity contribution in [1.29, 1.82) is 0 Å². The average Bonchev–Trinajstić information content (AvgIpc) is 2.77. The number of morpholine rings is 1. The highest BCUT2D eigenvalue weighted by Gasteiger charge is 2.30. The fraction of sp³-hybridized carbons (Fsp3) is 0.435. The number of alkyl halides is 3. The van der Waals surface area contributed by atoms with Crippen molar-refractivity contribution in [3.8, 4) is 0 Å². The molecule has 0 atom stereocenters. The van der Waals surface area contributed by atoms with Crippen LogP contribution in [0.3, 0.4) is 0 Å². The van der Waals surface area contributed by atoms with E-state index in [4.69, 9.17) is 4.74 Å². The van der Waals surface area contributed by atoms with Crippen molar-refractivity contribution < 1.29 is 17.9 Å². The van der Waals surface area contributed by atoms with Crippen LogP contribution in [0.5, 0.6) is 0 Å². The van der Waals surface area contributed by atoms with Crippen molar-refractivity contribution in [3.63, 3.8) is 0 Å². The standard InChI is InChI=1S/C23H29F3N4O/c1-2-27-22(28-15-18-6-5-9-21(14-18)23(24,25)26)29-16-19-7-3-4-8-20(19)17-30-10-12-31-13-11-30/h3-9,14H,2,10-13,15-17H2,1H3,(H2,27,28,29). The maximum absolute atomic E-state index is 12.9. The Hall–Kier alpha value is -2.58. The number of aliphatic imine (C=N–C) groups is 1. The maximum atomic E-state index is 12.9. The van der Waals surface area contributed by atoms with E-state index in [0.717, 1.165) is 45.0 Å². The fourth-order valence-corrected chi connectivity index (χ4v) is 3.42. The van der Waals surface area contributed by atoms with Gasteiger partial charge in [-0.1, -0.05) is 36.4 Å². The Balaban J connectivity index is 1.64. The number of halogens is 3. The van der Waals surface area contributed by atoms with E-state index in [1.54, 1.807) is 6.07 Å². The molecular formula is C23H29F3N4O. The summed E-state index contributed by atoms with van der Waals surface area (Å²) >= 11 is 0. The second-order valence-corrected chi connectivity index (χ2v) is 7.40. The lowest BCUT2D eigenvalue weighted by atomic mass is 10.1. The molecule has 1 aliphatic heterocycles. The predicted octanol–water partition coefficient (Wildman–Crippen LogP) is 3.79. The van der Waals surface area contributed by atoms with Crippen LogP contribution >= 0.6 is 0 Å². The summed E-state index contributed by atoms with van der Waals surface area (Å²) in [5, 5.41) is 6.46. The van der Waals surface area contributed by atoms with Gasteiger partial charge in [-0.15, -0.1) is 0 Å². The summed E-state index contributed by atoms with van der Waals surface area (Å²) in [5.74, 6) is 0.570. The van der Waals surface area contributed by atoms with Crippen molar-refractivity contribution in [1.82, 2.24) is 15.5 Å². The molecule has 1 heterocycles. The summed E-state index contributed by atoms with van der Waals surface area (Å²) in [6, 6.07) is 13.5. The van der Waals surface area contributed by atoms with Crippen LogP contribution in [-0.2, 0) is 30.5 Å². The van der Waals surface area contributed by atoms with Crippen LogP contribution < -0.4 is 10.6 Å². The van der Waals surface area contributed by atoms with Gasteiger partial charge in [0.05, 0.1) is 25.3 Å². The van der Waals surface area contributed by atoms with Gasteiger partial charge >= 0.3 is 6.18 Å². The van der Waals surface area contributed by atoms with E-state index in [2.05, 4.69) is 32.7 Å². The van der Waals surface area contributed by atoms with Crippen LogP contribution in [0, 0.1) is 0 Å². The summed E-state index contributed by atoms with van der Waals surface area (Å²) < 4.78 is 44.2. The predicted molar refractivity (Wildman–Crippen MR) is 116 cm³/mol. The lowest BCUT2D eigenvalue weighted by Crippen LogP contribution is -2.38. The zero-order valence-corrected chi connectivity index (χ0v) is 17.7. The molecule has 2 aromatic rings. The average molecular weight is 435 g/mol. The minimum atomic E-state index is -4.35. The Morgan fingerprint density at radius 2 is 1.77 bits per heavy atom. The van der Waals surface area contributed by atoms with Crippen LogP contribution in [0.2, 0.25) is 0 Å². The van der Waals surface area contributed by atoms with Gasteiger partial charge < -0.3 is 15.4 Å². The first-order chi connectivity index (χ1) is 15.0. The number of guanidine groups is 1. The molecule has 0 bridgehead atoms. The molecule has 168 valence electrons. The molecule has 1 fully saturated rings. The Bertz CT molecular complexity index is 864. The quantitative estimate of drug-likeness (QED) is 0.514. The monoisotopic (exact) mass is 434 g/mol. The van der Waals surface area contributed by atoms with Gasteiger partial charge in [0.25, 0.3) is 0 Å². The van der Waals surface area contributed by atoms with Gasteiger partial charge in [0.2, 0.25) is 0 Å². The minimum Gasteiger partial charge on any atom is -0.379 e. The van der Waals surface area contributed by atoms with Crippen LogP contribution in [0.15, 0.2) is 53.5 Å². The summed E-state index contributed by atoms with van der Waals surface area (Å²) in [7, 11) is 0. The number of rotatable bonds is 7. The van der Waals surface area contributed by atoms with Crippen LogP contribution in [0.25, 0.3) is 0 Å². The van der Waals surface area contributed by atoms with Gasteiger partial charge in [-0.3, -0.25) is 4.90 Å². The molecule has 0 aromatic heterocycles. The number of benzene rings is 2. The van der Waals surface area contributed by atoms with Gasteiger partial charge in [-0.2, -0.15) is 13.2 Å². The molecule has 0 unspecified atom stereocenters. The molecule has 0 spiro atoms. The van der Waals surface area contributed by atoms with Crippen molar-refractivity contribution in [3.05, 3.63) is 70.8 Å². The van der Waals surface area contributed by atoms with Gasteiger partial charge in [0, 0.05) is 32.7 Å². The third kappa shape index (κ3) is 7.25. The molecule has 0 amide bonds. The van der Waals surface area contributed by atoms with Gasteiger partial charge in [-0.05, 0) is 35.7 Å². The van der Waals surface area contributed by atoms with Gasteiger partial charge in [-0.25, -0.2) is 4.99 Å². The smallest absolute Gasteiger partial charge is 0.379 e. The number of nitrogens with one attached hydrogen (secondary N) is 2. The number of hydrogen-bond acceptors (Lipinski definition) is 3. The summed E-state index contributed by atoms with van der Waals surface area (Å²) in [4.78, 5) is 6.84. The SMILES string of the molecule is CCNC(=NCc1cccc(C(F)(F)F)c1)NCc1ccccc1CN1CCOCC1. The third-order valence-corrected chi connectivity index (χ3v) is 5.08. The van der Waals surface area contributed by atoms with Crippen molar-refractivity contribution in [2.24, 2.45) is 4.99 Å². The molecule has 8 heteroatoms. The van der Waals surface area contributed by atoms with Crippen molar-refractivity contribution >= 4 is 5.96 Å². The van der Waals surface area contributed by atoms with E-state index >= 15 is 0 Å². The molecule has 2 N–H and O–H groups in total. The van der Waals surface area contributed by atoms with E-state index in [9.17, 15) is 13.2 Å². The first-order valence-electron chi connectivity index (χ1n) is 10.5. The van der Waals surface area contributed by atoms with Gasteiger partial charge in [0.15, 0.2) is 5.96 Å². The zero-order chi connectivity index (χ0) is 22.1. The normalized spacial score (nSPS) is 15.7. The minimum absolute atomic E-state index is 0.161. The van der Waals surface area contributed by atoms with Crippen LogP contribution in [-0.4, -0.2) is 43.7 Å². The molecule has 0 radical (unpaired) electrons. The molecule has 1 saturated heterocycles. The lowest BCUT2D eigenvalue weighted by Gasteiger charge is -2.27. The molecule has 3 rings (SSSR count). The largest absolute Gasteiger partial charge is 0.416 e. The first-order valence-corrected chi connectivity index (χ1v) is 10.5. The Morgan fingerprint density at radius 3 is 2.48 bits per heavy atom. The highest BCUT2D eigenvalue weighted by Crippen LogP contribution is 2.29. The summed E-state index contributed by atoms with van der Waals surface area (Å²) in [6.45, 7) is 7.56. The van der Waals surface area contributed by atoms with E-state index in [0.29, 0.717) is 24.6 Å². The lowest BCUT2D eigenvalue weighted by molar-refractivity contribution is -0.137. The van der Waals surface area contributed by atoms with E-state index < -0.39 is 11.7 Å². The van der Waals surface area contributed by atoms with E-state index in [-0.39, 0.29) is 6.54 Å². The Kier molecular flexibility index (Phi) is 8.31. The molecule has 0 aliphatic carbocycles. The molecular weight excluding hydrogens is 405 g/mol. The number of hydrogen-bond donors (Lipinski definition) is 2. The molecule has 0 saturated carbocycles. The summed E-state index contributed by atoms with van der Waals surface area (Å²) in [6.07, 6.45) is -4.35. The van der Waals surface area contributed by atoms with E-state index in [1.165, 1.54) is 17.2 Å². The topological polar surface area (TPSA) is 48.9 Å². The van der Waals surface area contributed by atoms with Crippen molar-refractivity contribution in [2.45, 2.75) is 32.7 Å². The maximum Gasteiger partial charge on any atom is 0.416 e. The molecule has 2 aromatic carbocycles. The second-order valence-electron chi connectivity index (χ2n) is 7.40. The highest BCUT2D eigenvalue weighted by molar-refractivity contribution is 5.79. The van der Waals surface area contributed by atoms with E-state index in [1.807, 2.05) is 19.1 Å². The fourth-order valence-electron chi connectivity index (χ4n) is 3.42. The van der Waals surface area contributed by atoms with Crippen molar-refractivity contribution in [2.75, 3.05) is 32.8 Å². The zero-order valence-electron chi connectivity index (χ0n) is 17.7. The third-order valence-electron chi connectivity index (χ3n) is 5.08. The second kappa shape index (κ2) is 11.2. The first kappa shape index (κ1) is 23.1. The number of ether oxygens (including phenoxy) is 1. The number of nitrogens with zero attached hydrogens (tertiary/aromatic N) is 2.